The minimum Gasteiger partial charge on any atom is -0.409 e. The maximum Gasteiger partial charge on any atom is 0.319 e. The van der Waals surface area contributed by atoms with E-state index in [1.165, 1.54) is 0 Å². The summed E-state index contributed by atoms with van der Waals surface area (Å²) < 4.78 is 0. The number of carbonyl (C=O) groups excluding carboxylic acids is 1. The molecular formula is C12H18N4O2. The third kappa shape index (κ3) is 3.97. The van der Waals surface area contributed by atoms with E-state index in [2.05, 4.69) is 15.8 Å². The number of rotatable bonds is 4. The molecule has 98 valence electrons. The molecule has 0 saturated carbocycles. The van der Waals surface area contributed by atoms with E-state index < -0.39 is 5.41 Å². The first-order valence-corrected chi connectivity index (χ1v) is 5.53. The Morgan fingerprint density at radius 2 is 2.00 bits per heavy atom. The Bertz CT molecular complexity index is 429. The van der Waals surface area contributed by atoms with Gasteiger partial charge >= 0.3 is 6.03 Å². The number of amides is 2. The molecule has 0 spiro atoms. The van der Waals surface area contributed by atoms with E-state index in [1.807, 2.05) is 18.2 Å². The number of benzene rings is 1. The highest BCUT2D eigenvalue weighted by molar-refractivity contribution is 5.90. The van der Waals surface area contributed by atoms with Crippen LogP contribution in [0.15, 0.2) is 35.5 Å². The summed E-state index contributed by atoms with van der Waals surface area (Å²) in [5, 5.41) is 16.9. The van der Waals surface area contributed by atoms with Gasteiger partial charge in [0, 0.05) is 17.6 Å². The third-order valence-electron chi connectivity index (χ3n) is 2.52. The zero-order valence-corrected chi connectivity index (χ0v) is 10.5. The molecule has 1 aromatic carbocycles. The van der Waals surface area contributed by atoms with Crippen molar-refractivity contribution in [2.45, 2.75) is 13.8 Å². The van der Waals surface area contributed by atoms with E-state index >= 15 is 0 Å². The van der Waals surface area contributed by atoms with Crippen molar-refractivity contribution in [3.8, 4) is 0 Å². The minimum atomic E-state index is -0.608. The third-order valence-corrected chi connectivity index (χ3v) is 2.52. The molecule has 6 nitrogen and oxygen atoms in total. The summed E-state index contributed by atoms with van der Waals surface area (Å²) in [5.74, 6) is 0.0718. The van der Waals surface area contributed by atoms with Crippen molar-refractivity contribution in [3.63, 3.8) is 0 Å². The van der Waals surface area contributed by atoms with Crippen molar-refractivity contribution in [1.29, 1.82) is 0 Å². The van der Waals surface area contributed by atoms with Crippen LogP contribution in [-0.4, -0.2) is 23.6 Å². The number of hydrogen-bond acceptors (Lipinski definition) is 3. The number of nitrogens with one attached hydrogen (secondary N) is 2. The van der Waals surface area contributed by atoms with Gasteiger partial charge in [0.15, 0.2) is 0 Å². The van der Waals surface area contributed by atoms with E-state index in [1.54, 1.807) is 26.0 Å². The molecule has 0 aliphatic rings. The van der Waals surface area contributed by atoms with E-state index in [9.17, 15) is 4.79 Å². The number of urea groups is 1. The molecule has 0 aliphatic carbocycles. The molecule has 0 atom stereocenters. The summed E-state index contributed by atoms with van der Waals surface area (Å²) in [7, 11) is 0. The van der Waals surface area contributed by atoms with Crippen molar-refractivity contribution in [2.24, 2.45) is 16.3 Å². The van der Waals surface area contributed by atoms with E-state index in [0.717, 1.165) is 0 Å². The van der Waals surface area contributed by atoms with E-state index in [4.69, 9.17) is 10.9 Å². The molecule has 0 unspecified atom stereocenters. The van der Waals surface area contributed by atoms with Crippen LogP contribution in [0.5, 0.6) is 0 Å². The highest BCUT2D eigenvalue weighted by atomic mass is 16.4. The summed E-state index contributed by atoms with van der Waals surface area (Å²) >= 11 is 0. The normalized spacial score (nSPS) is 12.0. The number of nitrogens with zero attached hydrogens (tertiary/aromatic N) is 1. The van der Waals surface area contributed by atoms with Crippen LogP contribution in [0.4, 0.5) is 10.5 Å². The van der Waals surface area contributed by atoms with Crippen LogP contribution >= 0.6 is 0 Å². The Balaban J connectivity index is 2.47. The van der Waals surface area contributed by atoms with E-state index in [0.29, 0.717) is 5.69 Å². The molecular weight excluding hydrogens is 232 g/mol. The molecule has 0 bridgehead atoms. The molecule has 1 rings (SSSR count). The Morgan fingerprint density at radius 3 is 2.56 bits per heavy atom. The molecule has 5 N–H and O–H groups in total. The topological polar surface area (TPSA) is 99.7 Å². The Kier molecular flexibility index (Phi) is 4.53. The second-order valence-corrected chi connectivity index (χ2v) is 4.54. The van der Waals surface area contributed by atoms with Crippen molar-refractivity contribution in [2.75, 3.05) is 11.9 Å². The van der Waals surface area contributed by atoms with Crippen molar-refractivity contribution < 1.29 is 10.0 Å². The molecule has 0 saturated heterocycles. The highest BCUT2D eigenvalue weighted by Crippen LogP contribution is 2.13. The smallest absolute Gasteiger partial charge is 0.319 e. The summed E-state index contributed by atoms with van der Waals surface area (Å²) in [6.45, 7) is 3.80. The molecule has 0 fully saturated rings. The lowest BCUT2D eigenvalue weighted by Crippen LogP contribution is -2.43. The first-order valence-electron chi connectivity index (χ1n) is 5.53. The first kappa shape index (κ1) is 13.8. The fourth-order valence-corrected chi connectivity index (χ4v) is 1.22. The molecule has 18 heavy (non-hydrogen) atoms. The second-order valence-electron chi connectivity index (χ2n) is 4.54. The van der Waals surface area contributed by atoms with Gasteiger partial charge in [0.05, 0.1) is 0 Å². The fourth-order valence-electron chi connectivity index (χ4n) is 1.22. The lowest BCUT2D eigenvalue weighted by Gasteiger charge is -2.23. The maximum absolute atomic E-state index is 11.6. The van der Waals surface area contributed by atoms with Gasteiger partial charge in [-0.1, -0.05) is 37.2 Å². The summed E-state index contributed by atoms with van der Waals surface area (Å²) in [4.78, 5) is 11.6. The van der Waals surface area contributed by atoms with Gasteiger partial charge in [0.2, 0.25) is 0 Å². The van der Waals surface area contributed by atoms with Gasteiger partial charge in [-0.2, -0.15) is 0 Å². The molecule has 1 aromatic rings. The SMILES string of the molecule is CC(C)(CNC(=O)Nc1ccccc1)/C(N)=N/O. The van der Waals surface area contributed by atoms with Gasteiger partial charge in [0.1, 0.15) is 5.84 Å². The first-order chi connectivity index (χ1) is 8.45. The molecule has 0 aliphatic heterocycles. The van der Waals surface area contributed by atoms with Gasteiger partial charge in [-0.3, -0.25) is 0 Å². The van der Waals surface area contributed by atoms with Crippen LogP contribution in [0.3, 0.4) is 0 Å². The highest BCUT2D eigenvalue weighted by Gasteiger charge is 2.24. The summed E-state index contributed by atoms with van der Waals surface area (Å²) in [6.07, 6.45) is 0. The van der Waals surface area contributed by atoms with Gasteiger partial charge in [-0.05, 0) is 12.1 Å². The standard InChI is InChI=1S/C12H18N4O2/c1-12(2,10(13)16-18)8-14-11(17)15-9-6-4-3-5-7-9/h3-7,18H,8H2,1-2H3,(H2,13,16)(H2,14,15,17). The average molecular weight is 250 g/mol. The zero-order valence-electron chi connectivity index (χ0n) is 10.5. The van der Waals surface area contributed by atoms with Gasteiger partial charge in [0.25, 0.3) is 0 Å². The lowest BCUT2D eigenvalue weighted by molar-refractivity contribution is 0.248. The second kappa shape index (κ2) is 5.90. The van der Waals surface area contributed by atoms with Crippen LogP contribution in [0, 0.1) is 5.41 Å². The van der Waals surface area contributed by atoms with Gasteiger partial charge in [-0.15, -0.1) is 0 Å². The molecule has 2 amide bonds. The Hall–Kier alpha value is -2.24. The molecule has 0 heterocycles. The lowest BCUT2D eigenvalue weighted by atomic mass is 9.92. The zero-order chi connectivity index (χ0) is 13.6. The van der Waals surface area contributed by atoms with Crippen molar-refractivity contribution >= 4 is 17.6 Å². The van der Waals surface area contributed by atoms with Crippen LogP contribution in [0.25, 0.3) is 0 Å². The number of hydrogen-bond donors (Lipinski definition) is 4. The van der Waals surface area contributed by atoms with Gasteiger partial charge < -0.3 is 21.6 Å². The van der Waals surface area contributed by atoms with Crippen LogP contribution in [0.2, 0.25) is 0 Å². The minimum absolute atomic E-state index is 0.0718. The maximum atomic E-state index is 11.6. The summed E-state index contributed by atoms with van der Waals surface area (Å²) in [6, 6.07) is 8.76. The van der Waals surface area contributed by atoms with Crippen molar-refractivity contribution in [1.82, 2.24) is 5.32 Å². The van der Waals surface area contributed by atoms with Gasteiger partial charge in [-0.25, -0.2) is 4.79 Å². The number of amidine groups is 1. The van der Waals surface area contributed by atoms with Crippen LogP contribution in [0.1, 0.15) is 13.8 Å². The monoisotopic (exact) mass is 250 g/mol. The average Bonchev–Trinajstić information content (AvgIpc) is 2.36. The number of anilines is 1. The van der Waals surface area contributed by atoms with Crippen LogP contribution in [-0.2, 0) is 0 Å². The number of carbonyl (C=O) groups is 1. The number of nitrogens with two attached hydrogens (primary N) is 1. The fraction of sp³-hybridized carbons (Fsp3) is 0.333. The molecule has 6 heteroatoms. The quantitative estimate of drug-likeness (QED) is 0.282. The predicted molar refractivity (Wildman–Crippen MR) is 70.7 cm³/mol. The van der Waals surface area contributed by atoms with Crippen LogP contribution < -0.4 is 16.4 Å². The largest absolute Gasteiger partial charge is 0.409 e. The molecule has 0 radical (unpaired) electrons. The molecule has 0 aromatic heterocycles. The Labute approximate surface area is 106 Å². The Morgan fingerprint density at radius 1 is 1.39 bits per heavy atom. The van der Waals surface area contributed by atoms with Crippen molar-refractivity contribution in [3.05, 3.63) is 30.3 Å². The predicted octanol–water partition coefficient (Wildman–Crippen LogP) is 1.58. The number of para-hydroxylation sites is 1. The van der Waals surface area contributed by atoms with E-state index in [-0.39, 0.29) is 18.4 Å². The number of oxime groups is 1. The summed E-state index contributed by atoms with van der Waals surface area (Å²) in [5.41, 5.74) is 5.61.